The molecule has 0 spiro atoms. The number of piperidine rings is 2. The van der Waals surface area contributed by atoms with Gasteiger partial charge in [-0.2, -0.15) is 0 Å². The molecule has 35 heavy (non-hydrogen) atoms. The van der Waals surface area contributed by atoms with Crippen LogP contribution in [0.25, 0.3) is 11.0 Å². The molecule has 0 unspecified atom stereocenters. The van der Waals surface area contributed by atoms with E-state index in [0.717, 1.165) is 43.6 Å². The smallest absolute Gasteiger partial charge is 0.329 e. The van der Waals surface area contributed by atoms with Crippen LogP contribution in [0.2, 0.25) is 0 Å². The summed E-state index contributed by atoms with van der Waals surface area (Å²) < 4.78 is 3.03. The molecule has 9 heteroatoms. The zero-order valence-electron chi connectivity index (χ0n) is 19.7. The van der Waals surface area contributed by atoms with Crippen molar-refractivity contribution in [3.8, 4) is 11.8 Å². The Bertz CT molecular complexity index is 1400. The standard InChI is InChI=1S/C26H28N6O3/c1-30-24-18(5-2-4-17-12-14-31(15-13-17)19-8-10-22(27)28-16-19)6-3-7-20(24)32(26(30)35)21-9-11-23(33)29-25(21)34/h3,6-8,10,16-17,21H,4,9,11-15H2,1H3,(H2,27,28)(H,29,33,34)/t21-/m1/s1. The van der Waals surface area contributed by atoms with Gasteiger partial charge in [-0.25, -0.2) is 9.78 Å². The zero-order chi connectivity index (χ0) is 24.5. The van der Waals surface area contributed by atoms with Crippen LogP contribution in [-0.4, -0.2) is 39.0 Å². The monoisotopic (exact) mass is 472 g/mol. The fourth-order valence-electron chi connectivity index (χ4n) is 5.04. The van der Waals surface area contributed by atoms with Crippen molar-refractivity contribution < 1.29 is 9.59 Å². The van der Waals surface area contributed by atoms with Gasteiger partial charge >= 0.3 is 5.69 Å². The largest absolute Gasteiger partial charge is 0.384 e. The molecular weight excluding hydrogens is 444 g/mol. The second-order valence-electron chi connectivity index (χ2n) is 9.23. The average Bonchev–Trinajstić information content (AvgIpc) is 3.11. The van der Waals surface area contributed by atoms with Crippen LogP contribution in [-0.2, 0) is 16.6 Å². The van der Waals surface area contributed by atoms with E-state index in [1.165, 1.54) is 4.57 Å². The normalized spacial score (nSPS) is 18.9. The number of anilines is 2. The van der Waals surface area contributed by atoms with E-state index in [0.29, 0.717) is 29.2 Å². The molecule has 2 aliphatic rings. The molecule has 180 valence electrons. The number of para-hydroxylation sites is 1. The van der Waals surface area contributed by atoms with Gasteiger partial charge in [-0.05, 0) is 49.4 Å². The number of imidazole rings is 1. The minimum absolute atomic E-state index is 0.215. The Morgan fingerprint density at radius 1 is 1.11 bits per heavy atom. The lowest BCUT2D eigenvalue weighted by Crippen LogP contribution is -2.44. The third-order valence-electron chi connectivity index (χ3n) is 6.99. The Labute approximate surface area is 202 Å². The maximum atomic E-state index is 13.1. The molecule has 1 atom stereocenters. The number of carbonyl (C=O) groups excluding carboxylic acids is 2. The van der Waals surface area contributed by atoms with Gasteiger partial charge in [0.05, 0.1) is 28.5 Å². The van der Waals surface area contributed by atoms with Gasteiger partial charge in [0, 0.05) is 33.0 Å². The highest BCUT2D eigenvalue weighted by Gasteiger charge is 2.31. The lowest BCUT2D eigenvalue weighted by atomic mass is 9.93. The van der Waals surface area contributed by atoms with E-state index in [1.807, 2.05) is 36.5 Å². The van der Waals surface area contributed by atoms with Crippen LogP contribution in [0.4, 0.5) is 11.5 Å². The molecule has 0 radical (unpaired) electrons. The first kappa shape index (κ1) is 22.7. The SMILES string of the molecule is Cn1c(=O)n([C@@H]2CCC(=O)NC2=O)c2cccc(C#CCC3CCN(c4ccc(N)nc4)CC3)c21. The third kappa shape index (κ3) is 4.39. The number of fused-ring (bicyclic) bond motifs is 1. The van der Waals surface area contributed by atoms with E-state index in [1.54, 1.807) is 11.6 Å². The summed E-state index contributed by atoms with van der Waals surface area (Å²) in [5, 5.41) is 2.34. The van der Waals surface area contributed by atoms with E-state index in [2.05, 4.69) is 27.0 Å². The Kier molecular flexibility index (Phi) is 6.03. The maximum absolute atomic E-state index is 13.1. The van der Waals surface area contributed by atoms with Crippen molar-refractivity contribution in [2.45, 2.75) is 38.1 Å². The summed E-state index contributed by atoms with van der Waals surface area (Å²) in [5.41, 5.74) is 8.63. The van der Waals surface area contributed by atoms with Crippen molar-refractivity contribution in [3.05, 3.63) is 52.6 Å². The number of aromatic nitrogens is 3. The molecular formula is C26H28N6O3. The average molecular weight is 473 g/mol. The molecule has 5 rings (SSSR count). The predicted octanol–water partition coefficient (Wildman–Crippen LogP) is 1.95. The molecule has 3 aromatic rings. The summed E-state index contributed by atoms with van der Waals surface area (Å²) in [4.78, 5) is 43.5. The Hall–Kier alpha value is -4.06. The number of hydrogen-bond acceptors (Lipinski definition) is 6. The fourth-order valence-corrected chi connectivity index (χ4v) is 5.04. The lowest BCUT2D eigenvalue weighted by Gasteiger charge is -2.32. The summed E-state index contributed by atoms with van der Waals surface area (Å²) in [5.74, 6) is 6.90. The Morgan fingerprint density at radius 2 is 1.91 bits per heavy atom. The van der Waals surface area contributed by atoms with Crippen molar-refractivity contribution in [2.75, 3.05) is 23.7 Å². The van der Waals surface area contributed by atoms with Gasteiger partial charge < -0.3 is 10.6 Å². The number of pyridine rings is 1. The summed E-state index contributed by atoms with van der Waals surface area (Å²) >= 11 is 0. The first-order valence-corrected chi connectivity index (χ1v) is 11.9. The van der Waals surface area contributed by atoms with Crippen molar-refractivity contribution in [2.24, 2.45) is 13.0 Å². The van der Waals surface area contributed by atoms with Gasteiger partial charge in [-0.3, -0.25) is 24.0 Å². The minimum atomic E-state index is -0.700. The second-order valence-corrected chi connectivity index (χ2v) is 9.23. The number of rotatable bonds is 3. The van der Waals surface area contributed by atoms with Crippen LogP contribution in [0, 0.1) is 17.8 Å². The first-order valence-electron chi connectivity index (χ1n) is 11.9. The molecule has 9 nitrogen and oxygen atoms in total. The molecule has 2 aliphatic heterocycles. The van der Waals surface area contributed by atoms with Gasteiger partial charge in [0.15, 0.2) is 0 Å². The van der Waals surface area contributed by atoms with Crippen molar-refractivity contribution in [1.29, 1.82) is 0 Å². The topological polar surface area (TPSA) is 115 Å². The van der Waals surface area contributed by atoms with Crippen molar-refractivity contribution in [1.82, 2.24) is 19.4 Å². The Morgan fingerprint density at radius 3 is 2.63 bits per heavy atom. The van der Waals surface area contributed by atoms with E-state index >= 15 is 0 Å². The first-order chi connectivity index (χ1) is 16.9. The molecule has 0 aliphatic carbocycles. The number of amides is 2. The van der Waals surface area contributed by atoms with E-state index in [-0.39, 0.29) is 18.0 Å². The zero-order valence-corrected chi connectivity index (χ0v) is 19.7. The highest BCUT2D eigenvalue weighted by Crippen LogP contribution is 2.26. The van der Waals surface area contributed by atoms with Crippen LogP contribution >= 0.6 is 0 Å². The lowest BCUT2D eigenvalue weighted by molar-refractivity contribution is -0.135. The summed E-state index contributed by atoms with van der Waals surface area (Å²) in [7, 11) is 1.69. The van der Waals surface area contributed by atoms with Crippen LogP contribution < -0.4 is 21.6 Å². The second kappa shape index (κ2) is 9.29. The number of carbonyl (C=O) groups is 2. The number of imide groups is 1. The van der Waals surface area contributed by atoms with E-state index in [9.17, 15) is 14.4 Å². The van der Waals surface area contributed by atoms with Gasteiger partial charge in [0.1, 0.15) is 11.9 Å². The molecule has 2 fully saturated rings. The number of nitrogens with zero attached hydrogens (tertiary/aromatic N) is 4. The van der Waals surface area contributed by atoms with E-state index < -0.39 is 11.9 Å². The molecule has 3 N–H and O–H groups in total. The molecule has 0 bridgehead atoms. The number of aryl methyl sites for hydroxylation is 1. The van der Waals surface area contributed by atoms with Gasteiger partial charge in [0.2, 0.25) is 11.8 Å². The third-order valence-corrected chi connectivity index (χ3v) is 6.99. The number of hydrogen-bond donors (Lipinski definition) is 2. The maximum Gasteiger partial charge on any atom is 0.329 e. The van der Waals surface area contributed by atoms with E-state index in [4.69, 9.17) is 5.73 Å². The van der Waals surface area contributed by atoms with Crippen LogP contribution in [0.1, 0.15) is 43.7 Å². The van der Waals surface area contributed by atoms with Crippen LogP contribution in [0.15, 0.2) is 41.3 Å². The number of nitrogens with one attached hydrogen (secondary N) is 1. The van der Waals surface area contributed by atoms with Crippen LogP contribution in [0.3, 0.4) is 0 Å². The Balaban J connectivity index is 1.32. The molecule has 0 saturated carbocycles. The molecule has 2 aromatic heterocycles. The number of nitrogens with two attached hydrogens (primary N) is 1. The van der Waals surface area contributed by atoms with Gasteiger partial charge in [0.25, 0.3) is 0 Å². The summed E-state index contributed by atoms with van der Waals surface area (Å²) in [6, 6.07) is 8.72. The number of benzene rings is 1. The molecule has 2 saturated heterocycles. The van der Waals surface area contributed by atoms with Gasteiger partial charge in [-0.15, -0.1) is 0 Å². The fraction of sp³-hybridized carbons (Fsp3) is 0.385. The van der Waals surface area contributed by atoms with Gasteiger partial charge in [-0.1, -0.05) is 17.9 Å². The van der Waals surface area contributed by atoms with Crippen LogP contribution in [0.5, 0.6) is 0 Å². The molecule has 4 heterocycles. The molecule has 2 amide bonds. The van der Waals surface area contributed by atoms with Crippen molar-refractivity contribution >= 4 is 34.4 Å². The predicted molar refractivity (Wildman–Crippen MR) is 134 cm³/mol. The summed E-state index contributed by atoms with van der Waals surface area (Å²) in [6.07, 6.45) is 5.23. The molecule has 1 aromatic carbocycles. The van der Waals surface area contributed by atoms with Crippen molar-refractivity contribution in [3.63, 3.8) is 0 Å². The highest BCUT2D eigenvalue weighted by atomic mass is 16.2. The summed E-state index contributed by atoms with van der Waals surface area (Å²) in [6.45, 7) is 1.91. The highest BCUT2D eigenvalue weighted by molar-refractivity contribution is 6.00. The minimum Gasteiger partial charge on any atom is -0.384 e. The quantitative estimate of drug-likeness (QED) is 0.445. The number of nitrogen functional groups attached to an aromatic ring is 1.